The molecule has 1 rings (SSSR count). The number of H-pyrrole nitrogens is 1. The molecule has 4 nitrogen and oxygen atoms in total. The summed E-state index contributed by atoms with van der Waals surface area (Å²) in [5.74, 6) is 0. The van der Waals surface area contributed by atoms with Crippen molar-refractivity contribution in [1.29, 1.82) is 0 Å². The molecule has 6 heteroatoms. The number of rotatable bonds is 4. The van der Waals surface area contributed by atoms with E-state index in [1.807, 2.05) is 13.8 Å². The smallest absolute Gasteiger partial charge is 0.412 e. The van der Waals surface area contributed by atoms with E-state index in [1.165, 1.54) is 0 Å². The maximum atomic E-state index is 11.3. The van der Waals surface area contributed by atoms with E-state index in [9.17, 15) is 4.79 Å². The van der Waals surface area contributed by atoms with Crippen molar-refractivity contribution in [2.45, 2.75) is 27.0 Å². The van der Waals surface area contributed by atoms with Crippen LogP contribution >= 0.6 is 12.2 Å². The molecular weight excluding hydrogens is 207 g/mol. The van der Waals surface area contributed by atoms with E-state index in [0.717, 1.165) is 0 Å². The van der Waals surface area contributed by atoms with Crippen LogP contribution in [-0.2, 0) is 17.9 Å². The molecule has 0 aliphatic carbocycles. The number of aromatic nitrogens is 2. The van der Waals surface area contributed by atoms with Crippen LogP contribution in [0.25, 0.3) is 0 Å². The van der Waals surface area contributed by atoms with Crippen LogP contribution in [0.2, 0.25) is 0 Å². The van der Waals surface area contributed by atoms with Gasteiger partial charge in [-0.05, 0) is 13.3 Å². The van der Waals surface area contributed by atoms with E-state index in [-0.39, 0.29) is 24.4 Å². The van der Waals surface area contributed by atoms with Gasteiger partial charge in [0.05, 0.1) is 4.77 Å². The first kappa shape index (κ1) is 14.7. The van der Waals surface area contributed by atoms with Crippen molar-refractivity contribution in [2.75, 3.05) is 6.61 Å². The van der Waals surface area contributed by atoms with Crippen LogP contribution in [0, 0.1) is 11.0 Å². The molecule has 0 amide bonds. The van der Waals surface area contributed by atoms with Crippen LogP contribution in [0.3, 0.4) is 0 Å². The van der Waals surface area contributed by atoms with Crippen LogP contribution < -0.4 is 24.4 Å². The molecule has 1 N–H and O–H groups in total. The van der Waals surface area contributed by atoms with Gasteiger partial charge in [0.2, 0.25) is 0 Å². The quantitative estimate of drug-likeness (QED) is 0.372. The average Bonchev–Trinajstić information content (AvgIpc) is 2.17. The molecule has 0 radical (unpaired) electrons. The Hall–Kier alpha value is -0.343. The first-order valence-corrected chi connectivity index (χ1v) is 4.93. The van der Waals surface area contributed by atoms with Crippen LogP contribution in [0.15, 0.2) is 4.79 Å². The molecule has 0 saturated carbocycles. The fraction of sp³-hybridized carbons (Fsp3) is 0.556. The zero-order chi connectivity index (χ0) is 10.6. The minimum atomic E-state index is -0.162. The van der Waals surface area contributed by atoms with Gasteiger partial charge in [-0.3, -0.25) is 0 Å². The predicted molar refractivity (Wildman–Crippen MR) is 55.7 cm³/mol. The number of ether oxygens (including phenoxy) is 1. The Morgan fingerprint density at radius 3 is 2.73 bits per heavy atom. The summed E-state index contributed by atoms with van der Waals surface area (Å²) in [6, 6.07) is 0. The number of aromatic amines is 1. The van der Waals surface area contributed by atoms with E-state index in [1.54, 1.807) is 4.57 Å². The maximum Gasteiger partial charge on any atom is 1.00 e. The van der Waals surface area contributed by atoms with Gasteiger partial charge in [-0.1, -0.05) is 18.7 Å². The van der Waals surface area contributed by atoms with Gasteiger partial charge >= 0.3 is 18.9 Å². The topological polar surface area (TPSA) is 47.0 Å². The normalized spacial score (nSPS) is 9.73. The van der Waals surface area contributed by atoms with Crippen molar-refractivity contribution < 1.29 is 23.6 Å². The Bertz CT molecular complexity index is 413. The van der Waals surface area contributed by atoms with Crippen LogP contribution in [0.4, 0.5) is 0 Å². The average molecular weight is 220 g/mol. The van der Waals surface area contributed by atoms with Gasteiger partial charge in [0.15, 0.2) is 0 Å². The minimum absolute atomic E-state index is 0. The number of nitrogens with zero attached hydrogens (tertiary/aromatic N) is 1. The van der Waals surface area contributed by atoms with Gasteiger partial charge in [-0.15, -0.1) is 12.2 Å². The standard InChI is InChI=1S/C9H13N2O2S.Li/c1-3-7-5-11(6-13-4-2)9(14)10-8(7)12;/h3-4,6H2,1-2H3,(H,10,12,14);/q-1;+1. The van der Waals surface area contributed by atoms with Gasteiger partial charge in [0.1, 0.15) is 12.3 Å². The Balaban J connectivity index is 0.00000196. The molecule has 0 unspecified atom stereocenters. The summed E-state index contributed by atoms with van der Waals surface area (Å²) in [6.07, 6.45) is 3.55. The van der Waals surface area contributed by atoms with Gasteiger partial charge < -0.3 is 19.1 Å². The van der Waals surface area contributed by atoms with Gasteiger partial charge in [-0.25, -0.2) is 0 Å². The first-order chi connectivity index (χ1) is 6.69. The fourth-order valence-electron chi connectivity index (χ4n) is 1.02. The zero-order valence-electron chi connectivity index (χ0n) is 9.29. The summed E-state index contributed by atoms with van der Waals surface area (Å²) in [5.41, 5.74) is 0.434. The Morgan fingerprint density at radius 2 is 2.20 bits per heavy atom. The minimum Gasteiger partial charge on any atom is -0.412 e. The molecule has 1 heterocycles. The van der Waals surface area contributed by atoms with Crippen molar-refractivity contribution in [3.8, 4) is 0 Å². The number of aryl methyl sites for hydroxylation is 1. The molecule has 0 fully saturated rings. The molecule has 0 aromatic carbocycles. The monoisotopic (exact) mass is 220 g/mol. The van der Waals surface area contributed by atoms with E-state index >= 15 is 0 Å². The summed E-state index contributed by atoms with van der Waals surface area (Å²) in [7, 11) is 0. The Labute approximate surface area is 106 Å². The summed E-state index contributed by atoms with van der Waals surface area (Å²) in [5, 5.41) is 0. The molecule has 0 aliphatic rings. The summed E-state index contributed by atoms with van der Waals surface area (Å²) >= 11 is 4.96. The van der Waals surface area contributed by atoms with E-state index in [4.69, 9.17) is 17.0 Å². The largest absolute Gasteiger partial charge is 1.00 e. The second-order valence-corrected chi connectivity index (χ2v) is 3.14. The number of hydrogen-bond donors (Lipinski definition) is 1. The molecule has 0 atom stereocenters. The van der Waals surface area contributed by atoms with Crippen LogP contribution in [0.5, 0.6) is 0 Å². The van der Waals surface area contributed by atoms with Crippen LogP contribution in [0.1, 0.15) is 19.4 Å². The van der Waals surface area contributed by atoms with Crippen molar-refractivity contribution in [1.82, 2.24) is 9.55 Å². The predicted octanol–water partition coefficient (Wildman–Crippen LogP) is -1.73. The third kappa shape index (κ3) is 3.96. The molecule has 0 bridgehead atoms. The molecule has 78 valence electrons. The molecule has 0 aliphatic heterocycles. The number of nitrogens with one attached hydrogen (secondary N) is 1. The molecule has 1 aromatic heterocycles. The van der Waals surface area contributed by atoms with Crippen molar-refractivity contribution in [3.05, 3.63) is 26.9 Å². The number of hydrogen-bond acceptors (Lipinski definition) is 3. The Kier molecular flexibility index (Phi) is 6.86. The third-order valence-electron chi connectivity index (χ3n) is 1.79. The molecule has 15 heavy (non-hydrogen) atoms. The molecule has 0 saturated heterocycles. The second-order valence-electron chi connectivity index (χ2n) is 2.75. The molecule has 1 aromatic rings. The Morgan fingerprint density at radius 1 is 1.53 bits per heavy atom. The van der Waals surface area contributed by atoms with E-state index in [0.29, 0.717) is 30.1 Å². The first-order valence-electron chi connectivity index (χ1n) is 4.52. The summed E-state index contributed by atoms with van der Waals surface area (Å²) < 4.78 is 7.13. The van der Waals surface area contributed by atoms with Gasteiger partial charge in [-0.2, -0.15) is 0 Å². The zero-order valence-corrected chi connectivity index (χ0v) is 10.1. The third-order valence-corrected chi connectivity index (χ3v) is 2.11. The SMILES string of the molecule is CCOCn1[c-]c(CC)c(=O)[nH]c1=S.[Li+]. The van der Waals surface area contributed by atoms with Crippen molar-refractivity contribution in [2.24, 2.45) is 0 Å². The van der Waals surface area contributed by atoms with Crippen molar-refractivity contribution in [3.63, 3.8) is 0 Å². The molecule has 0 spiro atoms. The fourth-order valence-corrected chi connectivity index (χ4v) is 1.21. The molecular formula is C9H13LiN2O2S. The van der Waals surface area contributed by atoms with E-state index < -0.39 is 0 Å². The second kappa shape index (κ2) is 7.02. The summed E-state index contributed by atoms with van der Waals surface area (Å²) in [4.78, 5) is 13.9. The van der Waals surface area contributed by atoms with Gasteiger partial charge in [0, 0.05) is 6.61 Å². The maximum absolute atomic E-state index is 11.3. The summed E-state index contributed by atoms with van der Waals surface area (Å²) in [6.45, 7) is 4.74. The van der Waals surface area contributed by atoms with Crippen LogP contribution in [-0.4, -0.2) is 16.2 Å². The van der Waals surface area contributed by atoms with E-state index in [2.05, 4.69) is 11.2 Å². The van der Waals surface area contributed by atoms with Crippen molar-refractivity contribution >= 4 is 12.2 Å². The van der Waals surface area contributed by atoms with Gasteiger partial charge in [0.25, 0.3) is 0 Å².